The molecule has 4 rings (SSSR count). The molecular weight excluding hydrogens is 398 g/mol. The van der Waals surface area contributed by atoms with E-state index in [9.17, 15) is 14.4 Å². The van der Waals surface area contributed by atoms with Crippen molar-refractivity contribution in [3.63, 3.8) is 0 Å². The molecule has 0 aliphatic carbocycles. The second-order valence-electron chi connectivity index (χ2n) is 7.61. The summed E-state index contributed by atoms with van der Waals surface area (Å²) in [6, 6.07) is 9.65. The average Bonchev–Trinajstić information content (AvgIpc) is 3.05. The van der Waals surface area contributed by atoms with E-state index in [2.05, 4.69) is 0 Å². The van der Waals surface area contributed by atoms with Gasteiger partial charge < -0.3 is 18.8 Å². The molecule has 0 radical (unpaired) electrons. The number of carbonyl (C=O) groups excluding carboxylic acids is 2. The van der Waals surface area contributed by atoms with Crippen LogP contribution in [0.4, 0.5) is 0 Å². The van der Waals surface area contributed by atoms with Gasteiger partial charge in [-0.25, -0.2) is 4.79 Å². The molecule has 31 heavy (non-hydrogen) atoms. The fourth-order valence-electron chi connectivity index (χ4n) is 3.96. The fraction of sp³-hybridized carbons (Fsp3) is 0.292. The smallest absolute Gasteiger partial charge is 0.337 e. The molecule has 160 valence electrons. The van der Waals surface area contributed by atoms with Crippen LogP contribution in [0.3, 0.4) is 0 Å². The largest absolute Gasteiger partial charge is 0.465 e. The van der Waals surface area contributed by atoms with Gasteiger partial charge >= 0.3 is 5.97 Å². The number of nitrogens with zero attached hydrogens (tertiary/aromatic N) is 1. The number of hydrogen-bond donors (Lipinski definition) is 0. The molecule has 7 nitrogen and oxygen atoms in total. The Bertz CT molecular complexity index is 1240. The predicted octanol–water partition coefficient (Wildman–Crippen LogP) is 3.39. The lowest BCUT2D eigenvalue weighted by molar-refractivity contribution is 0.0599. The summed E-state index contributed by atoms with van der Waals surface area (Å²) in [7, 11) is 2.87. The van der Waals surface area contributed by atoms with Gasteiger partial charge in [-0.3, -0.25) is 9.59 Å². The van der Waals surface area contributed by atoms with Crippen LogP contribution in [-0.4, -0.2) is 44.1 Å². The first-order valence-corrected chi connectivity index (χ1v) is 9.93. The van der Waals surface area contributed by atoms with Gasteiger partial charge in [0.25, 0.3) is 5.91 Å². The van der Waals surface area contributed by atoms with E-state index >= 15 is 0 Å². The van der Waals surface area contributed by atoms with Crippen molar-refractivity contribution in [3.8, 4) is 0 Å². The highest BCUT2D eigenvalue weighted by Gasteiger charge is 2.42. The molecule has 7 heteroatoms. The minimum Gasteiger partial charge on any atom is -0.465 e. The average molecular weight is 421 g/mol. The summed E-state index contributed by atoms with van der Waals surface area (Å²) in [6.45, 7) is 4.46. The summed E-state index contributed by atoms with van der Waals surface area (Å²) in [6.07, 6.45) is 0. The summed E-state index contributed by atoms with van der Waals surface area (Å²) in [5.74, 6) is -0.757. The van der Waals surface area contributed by atoms with Crippen LogP contribution in [0.1, 0.15) is 49.2 Å². The number of rotatable bonds is 5. The third-order valence-electron chi connectivity index (χ3n) is 5.77. The summed E-state index contributed by atoms with van der Waals surface area (Å²) in [5.41, 5.74) is 3.51. The van der Waals surface area contributed by atoms with Crippen LogP contribution in [-0.2, 0) is 9.47 Å². The normalized spacial score (nSPS) is 15.4. The third kappa shape index (κ3) is 3.41. The van der Waals surface area contributed by atoms with Crippen LogP contribution in [0.25, 0.3) is 11.0 Å². The van der Waals surface area contributed by atoms with Gasteiger partial charge in [0.15, 0.2) is 5.43 Å². The number of benzene rings is 2. The highest BCUT2D eigenvalue weighted by atomic mass is 16.5. The molecule has 0 bridgehead atoms. The zero-order valence-electron chi connectivity index (χ0n) is 17.9. The number of amides is 1. The Labute approximate surface area is 179 Å². The maximum absolute atomic E-state index is 13.5. The first-order chi connectivity index (χ1) is 14.9. The molecule has 1 aliphatic rings. The van der Waals surface area contributed by atoms with Crippen molar-refractivity contribution in [2.75, 3.05) is 27.4 Å². The molecule has 1 aromatic heterocycles. The van der Waals surface area contributed by atoms with Gasteiger partial charge in [0.2, 0.25) is 5.76 Å². The number of esters is 1. The van der Waals surface area contributed by atoms with Gasteiger partial charge in [0.05, 0.1) is 36.3 Å². The molecule has 0 unspecified atom stereocenters. The van der Waals surface area contributed by atoms with E-state index in [0.717, 1.165) is 11.1 Å². The van der Waals surface area contributed by atoms with E-state index in [1.54, 1.807) is 48.4 Å². The Kier molecular flexibility index (Phi) is 5.37. The zero-order valence-corrected chi connectivity index (χ0v) is 17.9. The molecule has 0 saturated heterocycles. The lowest BCUT2D eigenvalue weighted by Crippen LogP contribution is -2.32. The molecular formula is C24H23NO6. The van der Waals surface area contributed by atoms with E-state index in [1.807, 2.05) is 13.8 Å². The van der Waals surface area contributed by atoms with Crippen molar-refractivity contribution >= 4 is 22.8 Å². The highest BCUT2D eigenvalue weighted by Crippen LogP contribution is 2.38. The van der Waals surface area contributed by atoms with Gasteiger partial charge in [-0.1, -0.05) is 12.1 Å². The van der Waals surface area contributed by atoms with E-state index in [0.29, 0.717) is 34.3 Å². The van der Waals surface area contributed by atoms with E-state index in [4.69, 9.17) is 13.9 Å². The van der Waals surface area contributed by atoms with Crippen LogP contribution >= 0.6 is 0 Å². The van der Waals surface area contributed by atoms with Crippen LogP contribution in [0.5, 0.6) is 0 Å². The molecule has 0 saturated carbocycles. The van der Waals surface area contributed by atoms with Crippen molar-refractivity contribution in [2.45, 2.75) is 19.9 Å². The van der Waals surface area contributed by atoms with E-state index in [1.165, 1.54) is 7.11 Å². The molecule has 0 N–H and O–H groups in total. The lowest BCUT2D eigenvalue weighted by atomic mass is 9.96. The van der Waals surface area contributed by atoms with Crippen LogP contribution in [0.15, 0.2) is 45.6 Å². The number of hydrogen-bond acceptors (Lipinski definition) is 6. The second kappa shape index (κ2) is 8.00. The van der Waals surface area contributed by atoms with Crippen molar-refractivity contribution in [1.29, 1.82) is 0 Å². The van der Waals surface area contributed by atoms with Crippen LogP contribution in [0.2, 0.25) is 0 Å². The Balaban J connectivity index is 1.92. The summed E-state index contributed by atoms with van der Waals surface area (Å²) in [4.78, 5) is 40.1. The monoisotopic (exact) mass is 421 g/mol. The first kappa shape index (κ1) is 20.8. The van der Waals surface area contributed by atoms with Crippen LogP contribution < -0.4 is 5.43 Å². The van der Waals surface area contributed by atoms with Crippen LogP contribution in [0, 0.1) is 13.8 Å². The SMILES string of the molecule is COCCN1C(=O)c2oc3cc(C)c(C)cc3c(=O)c2[C@@H]1c1ccc(C(=O)OC)cc1. The number of carbonyl (C=O) groups is 2. The quantitative estimate of drug-likeness (QED) is 0.587. The first-order valence-electron chi connectivity index (χ1n) is 9.93. The Morgan fingerprint density at radius 3 is 2.39 bits per heavy atom. The molecule has 2 heterocycles. The molecule has 0 fully saturated rings. The maximum Gasteiger partial charge on any atom is 0.337 e. The maximum atomic E-state index is 13.5. The Hall–Kier alpha value is -3.45. The number of aryl methyl sites for hydroxylation is 2. The summed E-state index contributed by atoms with van der Waals surface area (Å²) in [5, 5.41) is 0.444. The summed E-state index contributed by atoms with van der Waals surface area (Å²) < 4.78 is 15.9. The minimum absolute atomic E-state index is 0.0545. The molecule has 1 atom stereocenters. The van der Waals surface area contributed by atoms with Gasteiger partial charge in [-0.2, -0.15) is 0 Å². The summed E-state index contributed by atoms with van der Waals surface area (Å²) >= 11 is 0. The highest BCUT2D eigenvalue weighted by molar-refractivity contribution is 5.99. The molecule has 0 spiro atoms. The van der Waals surface area contributed by atoms with Gasteiger partial charge in [-0.05, 0) is 54.8 Å². The van der Waals surface area contributed by atoms with Gasteiger partial charge in [0.1, 0.15) is 5.58 Å². The van der Waals surface area contributed by atoms with Crippen molar-refractivity contribution < 1.29 is 23.5 Å². The van der Waals surface area contributed by atoms with Crippen molar-refractivity contribution in [1.82, 2.24) is 4.90 Å². The van der Waals surface area contributed by atoms with E-state index in [-0.39, 0.29) is 23.6 Å². The minimum atomic E-state index is -0.633. The Morgan fingerprint density at radius 1 is 1.06 bits per heavy atom. The number of methoxy groups -OCH3 is 2. The van der Waals surface area contributed by atoms with Gasteiger partial charge in [0, 0.05) is 13.7 Å². The second-order valence-corrected chi connectivity index (χ2v) is 7.61. The lowest BCUT2D eigenvalue weighted by Gasteiger charge is -2.24. The molecule has 1 aliphatic heterocycles. The van der Waals surface area contributed by atoms with E-state index < -0.39 is 12.0 Å². The topological polar surface area (TPSA) is 86.0 Å². The standard InChI is InChI=1S/C24H23NO6/c1-13-11-17-18(12-14(13)2)31-22-19(21(17)26)20(25(23(22)27)9-10-29-3)15-5-7-16(8-6-15)24(28)30-4/h5-8,11-12,20H,9-10H2,1-4H3/t20-/m0/s1. The molecule has 3 aromatic rings. The molecule has 1 amide bonds. The number of fused-ring (bicyclic) bond motifs is 2. The van der Waals surface area contributed by atoms with Gasteiger partial charge in [-0.15, -0.1) is 0 Å². The predicted molar refractivity (Wildman–Crippen MR) is 114 cm³/mol. The fourth-order valence-corrected chi connectivity index (χ4v) is 3.96. The zero-order chi connectivity index (χ0) is 22.3. The third-order valence-corrected chi connectivity index (χ3v) is 5.77. The molecule has 2 aromatic carbocycles. The Morgan fingerprint density at radius 2 is 1.74 bits per heavy atom. The number of ether oxygens (including phenoxy) is 2. The van der Waals surface area contributed by atoms with Crippen molar-refractivity contribution in [3.05, 3.63) is 80.2 Å². The van der Waals surface area contributed by atoms with Crippen molar-refractivity contribution in [2.24, 2.45) is 0 Å².